The average Bonchev–Trinajstić information content (AvgIpc) is 2.16. The van der Waals surface area contributed by atoms with Gasteiger partial charge in [-0.15, -0.1) is 6.58 Å². The summed E-state index contributed by atoms with van der Waals surface area (Å²) in [6.07, 6.45) is 8.03. The molecule has 4 saturated carbocycles. The first-order chi connectivity index (χ1) is 7.15. The Balaban J connectivity index is 2.03. The molecule has 0 aliphatic heterocycles. The molecule has 2 N–H and O–H groups in total. The van der Waals surface area contributed by atoms with Crippen molar-refractivity contribution in [3.63, 3.8) is 0 Å². The van der Waals surface area contributed by atoms with Crippen molar-refractivity contribution in [2.75, 3.05) is 0 Å². The summed E-state index contributed by atoms with van der Waals surface area (Å²) in [6.45, 7) is 3.93. The van der Waals surface area contributed by atoms with Crippen molar-refractivity contribution in [1.29, 1.82) is 0 Å². The van der Waals surface area contributed by atoms with Crippen LogP contribution in [0.3, 0.4) is 0 Å². The van der Waals surface area contributed by atoms with E-state index in [2.05, 4.69) is 6.58 Å². The highest BCUT2D eigenvalue weighted by molar-refractivity contribution is 5.82. The van der Waals surface area contributed by atoms with Crippen LogP contribution in [0.1, 0.15) is 32.1 Å². The van der Waals surface area contributed by atoms with Crippen LogP contribution in [-0.4, -0.2) is 5.91 Å². The SMILES string of the molecule is C=CC1C2CC3CC(C2)CC1(C(N)=O)C3. The first-order valence-corrected chi connectivity index (χ1v) is 6.08. The number of primary amides is 1. The minimum Gasteiger partial charge on any atom is -0.369 e. The van der Waals surface area contributed by atoms with E-state index in [1.807, 2.05) is 6.08 Å². The Bertz CT molecular complexity index is 308. The summed E-state index contributed by atoms with van der Waals surface area (Å²) >= 11 is 0. The summed E-state index contributed by atoms with van der Waals surface area (Å²) in [6, 6.07) is 0. The third kappa shape index (κ3) is 1.08. The zero-order valence-corrected chi connectivity index (χ0v) is 9.11. The first kappa shape index (κ1) is 9.44. The van der Waals surface area contributed by atoms with E-state index in [1.54, 1.807) is 0 Å². The fourth-order valence-electron chi connectivity index (χ4n) is 4.86. The van der Waals surface area contributed by atoms with Gasteiger partial charge >= 0.3 is 0 Å². The predicted octanol–water partition coefficient (Wildman–Crippen LogP) is 2.10. The molecule has 0 aromatic heterocycles. The molecule has 2 nitrogen and oxygen atoms in total. The molecule has 3 atom stereocenters. The topological polar surface area (TPSA) is 43.1 Å². The molecule has 0 saturated heterocycles. The molecular weight excluding hydrogens is 186 g/mol. The molecule has 0 heterocycles. The van der Waals surface area contributed by atoms with Crippen molar-refractivity contribution < 1.29 is 4.79 Å². The van der Waals surface area contributed by atoms with Gasteiger partial charge in [0.25, 0.3) is 0 Å². The van der Waals surface area contributed by atoms with Crippen LogP contribution < -0.4 is 5.73 Å². The Labute approximate surface area is 90.9 Å². The number of amides is 1. The first-order valence-electron chi connectivity index (χ1n) is 6.08. The highest BCUT2D eigenvalue weighted by Gasteiger charge is 2.58. The fraction of sp³-hybridized carbons (Fsp3) is 0.769. The zero-order chi connectivity index (χ0) is 10.6. The standard InChI is InChI=1S/C13H19NO/c1-2-11-10-4-8-3-9(5-10)7-13(11,6-8)12(14)15/h2,8-11H,1,3-7H2,(H2,14,15). The second-order valence-electron chi connectivity index (χ2n) is 5.89. The second kappa shape index (κ2) is 2.87. The van der Waals surface area contributed by atoms with Gasteiger partial charge < -0.3 is 5.73 Å². The second-order valence-corrected chi connectivity index (χ2v) is 5.89. The number of carbonyl (C=O) groups excluding carboxylic acids is 1. The van der Waals surface area contributed by atoms with Gasteiger partial charge in [-0.3, -0.25) is 4.79 Å². The molecule has 82 valence electrons. The number of allylic oxidation sites excluding steroid dienone is 1. The summed E-state index contributed by atoms with van der Waals surface area (Å²) in [5.41, 5.74) is 5.46. The largest absolute Gasteiger partial charge is 0.369 e. The predicted molar refractivity (Wildman–Crippen MR) is 58.9 cm³/mol. The van der Waals surface area contributed by atoms with Crippen molar-refractivity contribution in [2.45, 2.75) is 32.1 Å². The highest BCUT2D eigenvalue weighted by Crippen LogP contribution is 2.62. The molecule has 0 radical (unpaired) electrons. The van der Waals surface area contributed by atoms with Gasteiger partial charge in [-0.25, -0.2) is 0 Å². The number of carbonyl (C=O) groups is 1. The summed E-state index contributed by atoms with van der Waals surface area (Å²) < 4.78 is 0. The molecule has 0 aromatic carbocycles. The third-order valence-corrected chi connectivity index (χ3v) is 5.14. The molecule has 4 bridgehead atoms. The Hall–Kier alpha value is -0.790. The molecule has 3 unspecified atom stereocenters. The van der Waals surface area contributed by atoms with Crippen molar-refractivity contribution in [3.05, 3.63) is 12.7 Å². The lowest BCUT2D eigenvalue weighted by molar-refractivity contribution is -0.150. The van der Waals surface area contributed by atoms with E-state index in [0.717, 1.165) is 24.7 Å². The summed E-state index contributed by atoms with van der Waals surface area (Å²) in [7, 11) is 0. The quantitative estimate of drug-likeness (QED) is 0.689. The van der Waals surface area contributed by atoms with E-state index in [1.165, 1.54) is 19.3 Å². The van der Waals surface area contributed by atoms with E-state index in [0.29, 0.717) is 11.8 Å². The van der Waals surface area contributed by atoms with Crippen LogP contribution in [0.25, 0.3) is 0 Å². The fourth-order valence-corrected chi connectivity index (χ4v) is 4.86. The van der Waals surface area contributed by atoms with Crippen LogP contribution in [0.15, 0.2) is 12.7 Å². The van der Waals surface area contributed by atoms with Crippen LogP contribution in [-0.2, 0) is 4.79 Å². The lowest BCUT2D eigenvalue weighted by Crippen LogP contribution is -2.57. The molecule has 1 amide bonds. The van der Waals surface area contributed by atoms with Crippen LogP contribution in [0, 0.1) is 29.1 Å². The van der Waals surface area contributed by atoms with Gasteiger partial charge in [-0.1, -0.05) is 6.08 Å². The summed E-state index contributed by atoms with van der Waals surface area (Å²) in [4.78, 5) is 11.8. The minimum atomic E-state index is -0.212. The van der Waals surface area contributed by atoms with Gasteiger partial charge in [0, 0.05) is 0 Å². The van der Waals surface area contributed by atoms with Crippen LogP contribution in [0.4, 0.5) is 0 Å². The van der Waals surface area contributed by atoms with Gasteiger partial charge in [-0.2, -0.15) is 0 Å². The molecule has 15 heavy (non-hydrogen) atoms. The number of nitrogens with two attached hydrogens (primary N) is 1. The van der Waals surface area contributed by atoms with E-state index in [9.17, 15) is 4.79 Å². The number of hydrogen-bond donors (Lipinski definition) is 1. The maximum absolute atomic E-state index is 11.8. The Morgan fingerprint density at radius 2 is 1.87 bits per heavy atom. The lowest BCUT2D eigenvalue weighted by Gasteiger charge is -2.59. The Morgan fingerprint density at radius 1 is 1.27 bits per heavy atom. The molecule has 4 rings (SSSR count). The van der Waals surface area contributed by atoms with Gasteiger partial charge in [-0.05, 0) is 55.8 Å². The molecule has 0 spiro atoms. The Kier molecular flexibility index (Phi) is 1.80. The van der Waals surface area contributed by atoms with E-state index >= 15 is 0 Å². The molecule has 4 fully saturated rings. The minimum absolute atomic E-state index is 0.0634. The maximum Gasteiger partial charge on any atom is 0.224 e. The van der Waals surface area contributed by atoms with Crippen molar-refractivity contribution in [3.8, 4) is 0 Å². The highest BCUT2D eigenvalue weighted by atomic mass is 16.1. The van der Waals surface area contributed by atoms with Gasteiger partial charge in [0.2, 0.25) is 5.91 Å². The summed E-state index contributed by atoms with van der Waals surface area (Å²) in [5.74, 6) is 2.54. The number of hydrogen-bond acceptors (Lipinski definition) is 1. The van der Waals surface area contributed by atoms with E-state index in [4.69, 9.17) is 5.73 Å². The van der Waals surface area contributed by atoms with Crippen molar-refractivity contribution >= 4 is 5.91 Å². The van der Waals surface area contributed by atoms with Crippen LogP contribution in [0.2, 0.25) is 0 Å². The smallest absolute Gasteiger partial charge is 0.224 e. The molecule has 4 aliphatic rings. The summed E-state index contributed by atoms with van der Waals surface area (Å²) in [5, 5.41) is 0. The molecule has 4 aliphatic carbocycles. The van der Waals surface area contributed by atoms with Crippen molar-refractivity contribution in [1.82, 2.24) is 0 Å². The number of rotatable bonds is 2. The molecular formula is C13H19NO. The lowest BCUT2D eigenvalue weighted by atomic mass is 9.45. The third-order valence-electron chi connectivity index (χ3n) is 5.14. The van der Waals surface area contributed by atoms with Gasteiger partial charge in [0.15, 0.2) is 0 Å². The Morgan fingerprint density at radius 3 is 2.33 bits per heavy atom. The van der Waals surface area contributed by atoms with Crippen molar-refractivity contribution in [2.24, 2.45) is 34.8 Å². The van der Waals surface area contributed by atoms with Gasteiger partial charge in [0.05, 0.1) is 5.41 Å². The van der Waals surface area contributed by atoms with E-state index in [-0.39, 0.29) is 11.3 Å². The maximum atomic E-state index is 11.8. The van der Waals surface area contributed by atoms with Crippen LogP contribution in [0.5, 0.6) is 0 Å². The zero-order valence-electron chi connectivity index (χ0n) is 9.11. The van der Waals surface area contributed by atoms with E-state index < -0.39 is 0 Å². The van der Waals surface area contributed by atoms with Gasteiger partial charge in [0.1, 0.15) is 0 Å². The average molecular weight is 205 g/mol. The molecule has 0 aromatic rings. The van der Waals surface area contributed by atoms with Crippen LogP contribution >= 0.6 is 0 Å². The monoisotopic (exact) mass is 205 g/mol. The normalized spacial score (nSPS) is 51.7. The molecule has 2 heteroatoms.